The first kappa shape index (κ1) is 17.0. The zero-order valence-corrected chi connectivity index (χ0v) is 15.0. The van der Waals surface area contributed by atoms with Crippen LogP contribution < -0.4 is 9.64 Å². The predicted molar refractivity (Wildman–Crippen MR) is 100 cm³/mol. The third-order valence-corrected chi connectivity index (χ3v) is 4.61. The van der Waals surface area contributed by atoms with E-state index in [4.69, 9.17) is 4.74 Å². The summed E-state index contributed by atoms with van der Waals surface area (Å²) in [6.07, 6.45) is 5.10. The van der Waals surface area contributed by atoms with Crippen LogP contribution in [-0.4, -0.2) is 63.8 Å². The van der Waals surface area contributed by atoms with Crippen molar-refractivity contribution in [3.8, 4) is 11.6 Å². The van der Waals surface area contributed by atoms with E-state index in [9.17, 15) is 4.79 Å². The van der Waals surface area contributed by atoms with Crippen molar-refractivity contribution in [1.82, 2.24) is 24.6 Å². The summed E-state index contributed by atoms with van der Waals surface area (Å²) in [6.45, 7) is 2.66. The maximum Gasteiger partial charge on any atom is 0.257 e. The van der Waals surface area contributed by atoms with Crippen LogP contribution in [0.3, 0.4) is 0 Å². The number of nitrogens with zero attached hydrogens (tertiary/aromatic N) is 6. The van der Waals surface area contributed by atoms with Gasteiger partial charge in [-0.3, -0.25) is 4.79 Å². The molecule has 3 heterocycles. The van der Waals surface area contributed by atoms with Gasteiger partial charge in [-0.1, -0.05) is 12.1 Å². The molecule has 0 atom stereocenters. The molecule has 1 saturated heterocycles. The lowest BCUT2D eigenvalue weighted by Crippen LogP contribution is -2.49. The number of benzene rings is 1. The Morgan fingerprint density at radius 1 is 1.04 bits per heavy atom. The van der Waals surface area contributed by atoms with Crippen molar-refractivity contribution in [3.05, 3.63) is 60.7 Å². The first-order valence-corrected chi connectivity index (χ1v) is 8.75. The summed E-state index contributed by atoms with van der Waals surface area (Å²) in [5.41, 5.74) is 0.594. The van der Waals surface area contributed by atoms with Crippen LogP contribution in [0, 0.1) is 0 Å². The molecule has 1 aromatic carbocycles. The van der Waals surface area contributed by atoms with Crippen LogP contribution in [0.1, 0.15) is 10.4 Å². The number of methoxy groups -OCH3 is 1. The summed E-state index contributed by atoms with van der Waals surface area (Å²) in [5.74, 6) is 2.15. The average Bonchev–Trinajstić information content (AvgIpc) is 3.28. The van der Waals surface area contributed by atoms with E-state index < -0.39 is 0 Å². The lowest BCUT2D eigenvalue weighted by atomic mass is 10.1. The van der Waals surface area contributed by atoms with Crippen LogP contribution in [0.15, 0.2) is 55.1 Å². The van der Waals surface area contributed by atoms with E-state index in [1.54, 1.807) is 36.4 Å². The number of amides is 1. The number of piperazine rings is 1. The summed E-state index contributed by atoms with van der Waals surface area (Å²) in [5, 5.41) is 4.20. The number of hydrogen-bond donors (Lipinski definition) is 0. The normalized spacial score (nSPS) is 14.3. The van der Waals surface area contributed by atoms with Gasteiger partial charge in [0.15, 0.2) is 5.82 Å². The van der Waals surface area contributed by atoms with E-state index in [1.807, 2.05) is 35.4 Å². The van der Waals surface area contributed by atoms with Crippen molar-refractivity contribution in [2.45, 2.75) is 0 Å². The Hall–Kier alpha value is -3.42. The number of hydrogen-bond acceptors (Lipinski definition) is 6. The molecule has 27 heavy (non-hydrogen) atoms. The molecule has 138 valence electrons. The van der Waals surface area contributed by atoms with Crippen LogP contribution in [0.25, 0.3) is 5.82 Å². The number of ether oxygens (including phenoxy) is 1. The Labute approximate surface area is 157 Å². The Bertz CT molecular complexity index is 919. The van der Waals surface area contributed by atoms with E-state index in [0.29, 0.717) is 37.5 Å². The maximum absolute atomic E-state index is 12.8. The number of aromatic nitrogens is 4. The molecule has 0 unspecified atom stereocenters. The Morgan fingerprint density at radius 3 is 2.56 bits per heavy atom. The summed E-state index contributed by atoms with van der Waals surface area (Å²) in [4.78, 5) is 25.5. The van der Waals surface area contributed by atoms with Crippen LogP contribution in [0.4, 0.5) is 5.82 Å². The van der Waals surface area contributed by atoms with Crippen LogP contribution >= 0.6 is 0 Å². The monoisotopic (exact) mass is 364 g/mol. The molecule has 0 spiro atoms. The molecule has 1 amide bonds. The fourth-order valence-corrected chi connectivity index (χ4v) is 3.17. The SMILES string of the molecule is COc1ccccc1C(=O)N1CCN(c2cc(-n3cccn3)ncn2)CC1. The van der Waals surface area contributed by atoms with E-state index in [2.05, 4.69) is 20.0 Å². The summed E-state index contributed by atoms with van der Waals surface area (Å²) in [6, 6.07) is 11.1. The minimum Gasteiger partial charge on any atom is -0.496 e. The third kappa shape index (κ3) is 3.46. The molecular weight excluding hydrogens is 344 g/mol. The van der Waals surface area contributed by atoms with Crippen molar-refractivity contribution in [2.24, 2.45) is 0 Å². The summed E-state index contributed by atoms with van der Waals surface area (Å²) in [7, 11) is 1.58. The molecule has 3 aromatic rings. The van der Waals surface area contributed by atoms with Crippen LogP contribution in [0.5, 0.6) is 5.75 Å². The van der Waals surface area contributed by atoms with Crippen molar-refractivity contribution < 1.29 is 9.53 Å². The highest BCUT2D eigenvalue weighted by molar-refractivity contribution is 5.97. The topological polar surface area (TPSA) is 76.4 Å². The van der Waals surface area contributed by atoms with Gasteiger partial charge in [-0.05, 0) is 18.2 Å². The van der Waals surface area contributed by atoms with Gasteiger partial charge in [0.1, 0.15) is 17.9 Å². The quantitative estimate of drug-likeness (QED) is 0.700. The molecule has 1 aliphatic heterocycles. The highest BCUT2D eigenvalue weighted by Gasteiger charge is 2.24. The second-order valence-electron chi connectivity index (χ2n) is 6.16. The standard InChI is InChI=1S/C19H20N6O2/c1-27-16-6-3-2-5-15(16)19(26)24-11-9-23(10-12-24)17-13-18(21-14-20-17)25-8-4-7-22-25/h2-8,13-14H,9-12H2,1H3. The first-order valence-electron chi connectivity index (χ1n) is 8.75. The molecule has 0 bridgehead atoms. The molecule has 8 nitrogen and oxygen atoms in total. The van der Waals surface area contributed by atoms with Gasteiger partial charge < -0.3 is 14.5 Å². The largest absolute Gasteiger partial charge is 0.496 e. The van der Waals surface area contributed by atoms with Gasteiger partial charge in [0.2, 0.25) is 0 Å². The number of para-hydroxylation sites is 1. The molecule has 0 saturated carbocycles. The highest BCUT2D eigenvalue weighted by atomic mass is 16.5. The molecule has 2 aromatic heterocycles. The van der Waals surface area contributed by atoms with E-state index in [-0.39, 0.29) is 5.91 Å². The molecule has 0 N–H and O–H groups in total. The average molecular weight is 364 g/mol. The van der Waals surface area contributed by atoms with Gasteiger partial charge in [0.05, 0.1) is 12.7 Å². The minimum absolute atomic E-state index is 0.00739. The fraction of sp³-hybridized carbons (Fsp3) is 0.263. The molecule has 1 fully saturated rings. The van der Waals surface area contributed by atoms with Crippen molar-refractivity contribution >= 4 is 11.7 Å². The molecule has 0 radical (unpaired) electrons. The molecule has 0 aliphatic carbocycles. The Morgan fingerprint density at radius 2 is 1.81 bits per heavy atom. The smallest absolute Gasteiger partial charge is 0.257 e. The number of anilines is 1. The number of carbonyl (C=O) groups excluding carboxylic acids is 1. The highest BCUT2D eigenvalue weighted by Crippen LogP contribution is 2.21. The van der Waals surface area contributed by atoms with E-state index in [1.165, 1.54) is 0 Å². The Balaban J connectivity index is 1.45. The van der Waals surface area contributed by atoms with Gasteiger partial charge in [0.25, 0.3) is 5.91 Å². The zero-order valence-electron chi connectivity index (χ0n) is 15.0. The zero-order chi connectivity index (χ0) is 18.6. The lowest BCUT2D eigenvalue weighted by Gasteiger charge is -2.35. The predicted octanol–water partition coefficient (Wildman–Crippen LogP) is 1.63. The van der Waals surface area contributed by atoms with Crippen molar-refractivity contribution in [2.75, 3.05) is 38.2 Å². The number of rotatable bonds is 4. The molecule has 8 heteroatoms. The summed E-state index contributed by atoms with van der Waals surface area (Å²) < 4.78 is 7.01. The molecule has 4 rings (SSSR count). The second-order valence-corrected chi connectivity index (χ2v) is 6.16. The summed E-state index contributed by atoms with van der Waals surface area (Å²) >= 11 is 0. The maximum atomic E-state index is 12.8. The van der Waals surface area contributed by atoms with Gasteiger partial charge in [-0.25, -0.2) is 14.6 Å². The van der Waals surface area contributed by atoms with Gasteiger partial charge >= 0.3 is 0 Å². The molecule has 1 aliphatic rings. The number of carbonyl (C=O) groups is 1. The van der Waals surface area contributed by atoms with Gasteiger partial charge in [-0.15, -0.1) is 0 Å². The van der Waals surface area contributed by atoms with Crippen LogP contribution in [0.2, 0.25) is 0 Å². The van der Waals surface area contributed by atoms with Crippen molar-refractivity contribution in [1.29, 1.82) is 0 Å². The second kappa shape index (κ2) is 7.45. The minimum atomic E-state index is -0.00739. The van der Waals surface area contributed by atoms with Gasteiger partial charge in [-0.2, -0.15) is 5.10 Å². The van der Waals surface area contributed by atoms with Crippen LogP contribution in [-0.2, 0) is 0 Å². The van der Waals surface area contributed by atoms with E-state index >= 15 is 0 Å². The fourth-order valence-electron chi connectivity index (χ4n) is 3.17. The third-order valence-electron chi connectivity index (χ3n) is 4.61. The van der Waals surface area contributed by atoms with E-state index in [0.717, 1.165) is 11.6 Å². The molecular formula is C19H20N6O2. The van der Waals surface area contributed by atoms with Gasteiger partial charge in [0, 0.05) is 44.6 Å². The lowest BCUT2D eigenvalue weighted by molar-refractivity contribution is 0.0743. The first-order chi connectivity index (χ1) is 13.3. The van der Waals surface area contributed by atoms with Crippen molar-refractivity contribution in [3.63, 3.8) is 0 Å². The Kier molecular flexibility index (Phi) is 4.69.